The fourth-order valence-corrected chi connectivity index (χ4v) is 17.8. The van der Waals surface area contributed by atoms with Gasteiger partial charge in [0, 0.05) is 37.5 Å². The van der Waals surface area contributed by atoms with Crippen LogP contribution in [0.4, 0.5) is 0 Å². The van der Waals surface area contributed by atoms with Gasteiger partial charge >= 0.3 is 11.9 Å². The van der Waals surface area contributed by atoms with Crippen LogP contribution >= 0.6 is 31.9 Å². The fraction of sp³-hybridized carbons (Fsp3) is 0.846. The van der Waals surface area contributed by atoms with Gasteiger partial charge in [-0.3, -0.25) is 9.59 Å². The molecule has 0 aromatic rings. The predicted octanol–water partition coefficient (Wildman–Crippen LogP) is 9.74. The zero-order valence-electron chi connectivity index (χ0n) is 40.4. The monoisotopic (exact) mass is 1050 g/mol. The molecule has 0 bridgehead atoms. The minimum atomic E-state index is -0.584. The Morgan fingerprint density at radius 3 is 1.74 bits per heavy atom. The number of esters is 2. The molecule has 0 heterocycles. The van der Waals surface area contributed by atoms with E-state index in [1.54, 1.807) is 0 Å². The van der Waals surface area contributed by atoms with Crippen LogP contribution in [0.2, 0.25) is 0 Å². The summed E-state index contributed by atoms with van der Waals surface area (Å²) in [5, 5.41) is 44.0. The largest absolute Gasteiger partial charge is 0.461 e. The second-order valence-corrected chi connectivity index (χ2v) is 24.7. The molecule has 8 aliphatic rings. The van der Waals surface area contributed by atoms with Crippen molar-refractivity contribution in [2.75, 3.05) is 13.2 Å². The minimum absolute atomic E-state index is 0.00682. The summed E-state index contributed by atoms with van der Waals surface area (Å²) >= 11 is 7.50. The van der Waals surface area contributed by atoms with Crippen LogP contribution in [0, 0.1) is 63.1 Å². The molecule has 0 radical (unpaired) electrons. The molecule has 7 saturated carbocycles. The zero-order valence-corrected chi connectivity index (χ0v) is 43.6. The van der Waals surface area contributed by atoms with Crippen LogP contribution in [0.15, 0.2) is 36.3 Å². The van der Waals surface area contributed by atoms with Gasteiger partial charge in [0.15, 0.2) is 0 Å². The van der Waals surface area contributed by atoms with Gasteiger partial charge in [-0.1, -0.05) is 84.4 Å². The summed E-state index contributed by atoms with van der Waals surface area (Å²) in [4.78, 5) is 46.0. The normalized spacial score (nSPS) is 45.4. The number of carbonyl (C=O) groups excluding carboxylic acids is 2. The van der Waals surface area contributed by atoms with Gasteiger partial charge in [0.25, 0.3) is 0 Å². The maximum Gasteiger partial charge on any atom is 0.302 e. The van der Waals surface area contributed by atoms with E-state index in [1.807, 2.05) is 6.08 Å². The summed E-state index contributed by atoms with van der Waals surface area (Å²) in [5.41, 5.74) is 0.412. The summed E-state index contributed by atoms with van der Waals surface area (Å²) in [5.74, 6) is 2.19. The standard InChI is InChI=1S/C26H41BrO6.C26H39BrO6/c2*1-5-6-15(2)32-33-18-7-9-25(4)17(11-18)12-22(30)23-19(25)8-10-26(14-28)20(23)13-21(27)24(26)31-16(3)29/h17-24,28,30H,2,5-14H2,1,3-4H3;12,18-24,28,30H,2,5-11,13-14H2,1,3-4H3/t17?,18-,19?,20?,21+,22-,23?,24-,25-,26+;18-,19?,20?,21+,22-,23?,24-,25-,26+/m00/s1. The van der Waals surface area contributed by atoms with Gasteiger partial charge in [-0.25, -0.2) is 0 Å². The van der Waals surface area contributed by atoms with Gasteiger partial charge < -0.3 is 39.7 Å². The Labute approximate surface area is 410 Å². The number of rotatable bonds is 14. The maximum absolute atomic E-state index is 11.8. The van der Waals surface area contributed by atoms with Crippen molar-refractivity contribution in [3.8, 4) is 0 Å². The molecule has 7 unspecified atom stereocenters. The number of fused-ring (bicyclic) bond motifs is 10. The lowest BCUT2D eigenvalue weighted by Crippen LogP contribution is -2.60. The summed E-state index contributed by atoms with van der Waals surface area (Å²) in [6.07, 6.45) is 15.2. The van der Waals surface area contributed by atoms with Gasteiger partial charge in [0.2, 0.25) is 0 Å². The summed E-state index contributed by atoms with van der Waals surface area (Å²) in [6.45, 7) is 19.6. The van der Waals surface area contributed by atoms with E-state index in [4.69, 9.17) is 29.0 Å². The van der Waals surface area contributed by atoms with Crippen LogP contribution < -0.4 is 0 Å². The SMILES string of the molecule is C=C(CCC)OO[C@H]1CC[C@@]2(C)C(=C[C@H](O)C3C4C[C@@H](Br)[C@H](OC(C)=O)[C@@]4(CO)CCC32)C1.C=C(CCC)OO[C@H]1CC[C@@]2(C)C(C1)C[C@H](O)C1C2CC[C@@]2(CO)C1C[C@@H](Br)[C@@H]2OC(C)=O. The Bertz CT molecular complexity index is 1790. The van der Waals surface area contributed by atoms with Crippen molar-refractivity contribution >= 4 is 43.8 Å². The first-order chi connectivity index (χ1) is 31.3. The van der Waals surface area contributed by atoms with Crippen LogP contribution in [-0.2, 0) is 38.6 Å². The summed E-state index contributed by atoms with van der Waals surface area (Å²) in [7, 11) is 0. The van der Waals surface area contributed by atoms with E-state index < -0.39 is 23.0 Å². The Kier molecular flexibility index (Phi) is 16.7. The number of allylic oxidation sites excluding steroid dienone is 2. The molecule has 0 aromatic carbocycles. The Morgan fingerprint density at radius 1 is 0.697 bits per heavy atom. The molecule has 7 fully saturated rings. The first kappa shape index (κ1) is 52.3. The molecule has 14 heteroatoms. The van der Waals surface area contributed by atoms with Crippen molar-refractivity contribution in [1.29, 1.82) is 0 Å². The average Bonchev–Trinajstić information content (AvgIpc) is 3.71. The molecule has 374 valence electrons. The third kappa shape index (κ3) is 9.64. The van der Waals surface area contributed by atoms with Gasteiger partial charge in [-0.2, -0.15) is 9.78 Å². The van der Waals surface area contributed by atoms with Gasteiger partial charge in [0.05, 0.1) is 35.1 Å². The highest BCUT2D eigenvalue weighted by Crippen LogP contribution is 2.68. The molecule has 4 N–H and O–H groups in total. The van der Waals surface area contributed by atoms with Crippen molar-refractivity contribution in [2.24, 2.45) is 63.1 Å². The summed E-state index contributed by atoms with van der Waals surface area (Å²) in [6, 6.07) is 0. The van der Waals surface area contributed by atoms with E-state index in [9.17, 15) is 30.0 Å². The molecule has 0 aromatic heterocycles. The van der Waals surface area contributed by atoms with E-state index in [2.05, 4.69) is 72.7 Å². The van der Waals surface area contributed by atoms with Gasteiger partial charge in [0.1, 0.15) is 35.9 Å². The number of alkyl halides is 2. The number of ether oxygens (including phenoxy) is 2. The van der Waals surface area contributed by atoms with E-state index in [0.717, 1.165) is 109 Å². The second kappa shape index (κ2) is 21.1. The first-order valence-electron chi connectivity index (χ1n) is 25.3. The van der Waals surface area contributed by atoms with Crippen LogP contribution in [0.25, 0.3) is 0 Å². The van der Waals surface area contributed by atoms with Crippen LogP contribution in [0.1, 0.15) is 151 Å². The number of aliphatic hydroxyl groups excluding tert-OH is 4. The third-order valence-corrected chi connectivity index (χ3v) is 20.5. The van der Waals surface area contributed by atoms with Crippen LogP contribution in [0.3, 0.4) is 0 Å². The smallest absolute Gasteiger partial charge is 0.302 e. The van der Waals surface area contributed by atoms with Gasteiger partial charge in [-0.15, -0.1) is 0 Å². The highest BCUT2D eigenvalue weighted by Gasteiger charge is 2.68. The number of hydrogen-bond donors (Lipinski definition) is 4. The second-order valence-electron chi connectivity index (χ2n) is 22.3. The molecule has 12 nitrogen and oxygen atoms in total. The van der Waals surface area contributed by atoms with Crippen LogP contribution in [0.5, 0.6) is 0 Å². The average molecular weight is 1060 g/mol. The predicted molar refractivity (Wildman–Crippen MR) is 256 cm³/mol. The van der Waals surface area contributed by atoms with Crippen LogP contribution in [-0.4, -0.2) is 91.9 Å². The number of aliphatic hydroxyl groups is 4. The van der Waals surface area contributed by atoms with E-state index in [1.165, 1.54) is 19.4 Å². The molecule has 8 rings (SSSR count). The van der Waals surface area contributed by atoms with Crippen molar-refractivity contribution in [3.63, 3.8) is 0 Å². The van der Waals surface area contributed by atoms with E-state index in [-0.39, 0.29) is 93.7 Å². The quantitative estimate of drug-likeness (QED) is 0.0325. The molecular weight excluding hydrogens is 976 g/mol. The molecule has 8 aliphatic carbocycles. The molecule has 0 saturated heterocycles. The maximum atomic E-state index is 11.8. The Balaban J connectivity index is 0.000000196. The fourth-order valence-electron chi connectivity index (χ4n) is 15.7. The van der Waals surface area contributed by atoms with Crippen molar-refractivity contribution in [1.82, 2.24) is 0 Å². The van der Waals surface area contributed by atoms with Crippen molar-refractivity contribution in [2.45, 2.75) is 197 Å². The molecular formula is C52H80Br2O12. The lowest BCUT2D eigenvalue weighted by Gasteiger charge is -2.62. The molecule has 0 amide bonds. The Morgan fingerprint density at radius 2 is 1.21 bits per heavy atom. The lowest BCUT2D eigenvalue weighted by molar-refractivity contribution is -0.313. The third-order valence-electron chi connectivity index (χ3n) is 18.8. The van der Waals surface area contributed by atoms with E-state index >= 15 is 0 Å². The van der Waals surface area contributed by atoms with Crippen molar-refractivity contribution in [3.05, 3.63) is 36.3 Å². The molecule has 19 atom stereocenters. The highest BCUT2D eigenvalue weighted by atomic mass is 79.9. The highest BCUT2D eigenvalue weighted by molar-refractivity contribution is 9.09. The number of halogens is 2. The van der Waals surface area contributed by atoms with Crippen molar-refractivity contribution < 1.29 is 59.0 Å². The zero-order chi connectivity index (χ0) is 47.9. The number of hydrogen-bond acceptors (Lipinski definition) is 12. The lowest BCUT2D eigenvalue weighted by atomic mass is 9.44. The van der Waals surface area contributed by atoms with E-state index in [0.29, 0.717) is 29.3 Å². The van der Waals surface area contributed by atoms with Gasteiger partial charge in [-0.05, 0) is 149 Å². The molecule has 66 heavy (non-hydrogen) atoms. The minimum Gasteiger partial charge on any atom is -0.461 e. The first-order valence-corrected chi connectivity index (χ1v) is 27.1. The topological polar surface area (TPSA) is 170 Å². The molecule has 0 spiro atoms. The number of carbonyl (C=O) groups is 2. The Hall–Kier alpha value is -1.52. The summed E-state index contributed by atoms with van der Waals surface area (Å²) < 4.78 is 11.5. The molecule has 0 aliphatic heterocycles.